The third-order valence-corrected chi connectivity index (χ3v) is 4.29. The summed E-state index contributed by atoms with van der Waals surface area (Å²) in [6.45, 7) is 8.28. The van der Waals surface area contributed by atoms with E-state index in [4.69, 9.17) is 0 Å². The minimum Gasteiger partial charge on any atom is -0.385 e. The topological polar surface area (TPSA) is 34.2 Å². The van der Waals surface area contributed by atoms with Gasteiger partial charge in [-0.2, -0.15) is 0 Å². The number of hydrogen-bond acceptors (Lipinski definition) is 3. The summed E-state index contributed by atoms with van der Waals surface area (Å²) < 4.78 is 17.6. The molecular weight excluding hydrogens is 303 g/mol. The highest BCUT2D eigenvalue weighted by Gasteiger charge is 2.29. The molecule has 3 rings (SSSR count). The molecule has 2 heterocycles. The van der Waals surface area contributed by atoms with Crippen LogP contribution in [0.2, 0.25) is 0 Å². The highest BCUT2D eigenvalue weighted by atomic mass is 19.1. The Morgan fingerprint density at radius 2 is 1.88 bits per heavy atom. The smallest absolute Gasteiger partial charge is 0.141 e. The molecule has 0 fully saturated rings. The zero-order chi connectivity index (χ0) is 17.6. The second-order valence-corrected chi connectivity index (χ2v) is 6.71. The molecule has 3 nitrogen and oxygen atoms in total. The Labute approximate surface area is 144 Å². The highest BCUT2D eigenvalue weighted by molar-refractivity contribution is 5.60. The molecule has 130 valence electrons. The summed E-state index contributed by atoms with van der Waals surface area (Å²) >= 11 is 0. The van der Waals surface area contributed by atoms with Crippen molar-refractivity contribution in [2.24, 2.45) is 0 Å². The lowest BCUT2D eigenvalue weighted by atomic mass is 9.85. The third kappa shape index (κ3) is 4.78. The monoisotopic (exact) mass is 330 g/mol. The zero-order valence-corrected chi connectivity index (χ0v) is 15.0. The molecule has 0 atom stereocenters. The lowest BCUT2D eigenvalue weighted by Crippen LogP contribution is -2.19. The van der Waals surface area contributed by atoms with Crippen LogP contribution in [-0.2, 0) is 23.0 Å². The Morgan fingerprint density at radius 3 is 2.54 bits per heavy atom. The van der Waals surface area contributed by atoms with Crippen molar-refractivity contribution in [3.8, 4) is 0 Å². The number of halogens is 1. The van der Waals surface area contributed by atoms with Gasteiger partial charge in [-0.25, -0.2) is 4.39 Å². The van der Waals surface area contributed by atoms with E-state index in [9.17, 15) is 4.39 Å². The van der Waals surface area contributed by atoms with Gasteiger partial charge in [-0.05, 0) is 48.6 Å². The summed E-state index contributed by atoms with van der Waals surface area (Å²) in [5.74, 6) is -0.262. The molecule has 1 aromatic carbocycles. The average molecular weight is 330 g/mol. The van der Waals surface area contributed by atoms with Gasteiger partial charge in [0.15, 0.2) is 0 Å². The largest absolute Gasteiger partial charge is 0.385 e. The van der Waals surface area contributed by atoms with Gasteiger partial charge in [0.25, 0.3) is 0 Å². The maximum atomic E-state index is 13.1. The van der Waals surface area contributed by atoms with Crippen molar-refractivity contribution in [1.82, 2.24) is 4.98 Å². The maximum absolute atomic E-state index is 13.1. The number of benzene rings is 1. The average Bonchev–Trinajstić information content (AvgIpc) is 2.88. The van der Waals surface area contributed by atoms with E-state index >= 15 is 0 Å². The number of ether oxygens (including phenoxy) is 1. The zero-order valence-electron chi connectivity index (χ0n) is 15.0. The standard InChI is InChI=1S/C17H19FN2.C3H8O/c1-17(2)11-20-16-6-5-12(8-15(16)17)3-4-13-7-14(18)10-19-9-13;1-3-4-2/h5-10,20H,3-4,11H2,1-2H3;3H2,1-2H3. The molecule has 0 saturated carbocycles. The molecule has 4 heteroatoms. The summed E-state index contributed by atoms with van der Waals surface area (Å²) in [5.41, 5.74) is 5.05. The van der Waals surface area contributed by atoms with Gasteiger partial charge in [0.1, 0.15) is 5.82 Å². The van der Waals surface area contributed by atoms with Crippen molar-refractivity contribution in [2.45, 2.75) is 39.0 Å². The quantitative estimate of drug-likeness (QED) is 0.904. The Morgan fingerprint density at radius 1 is 1.17 bits per heavy atom. The van der Waals surface area contributed by atoms with Crippen LogP contribution >= 0.6 is 0 Å². The SMILES string of the molecule is CC1(C)CNc2ccc(CCc3cncc(F)c3)cc21.CCOC. The van der Waals surface area contributed by atoms with E-state index in [0.29, 0.717) is 0 Å². The molecule has 0 aliphatic carbocycles. The van der Waals surface area contributed by atoms with E-state index in [-0.39, 0.29) is 11.2 Å². The Hall–Kier alpha value is -1.94. The molecule has 0 spiro atoms. The molecule has 0 amide bonds. The van der Waals surface area contributed by atoms with Crippen molar-refractivity contribution in [3.63, 3.8) is 0 Å². The summed E-state index contributed by atoms with van der Waals surface area (Å²) in [7, 11) is 1.68. The second kappa shape index (κ2) is 8.25. The lowest BCUT2D eigenvalue weighted by Gasteiger charge is -2.17. The number of aryl methyl sites for hydroxylation is 2. The van der Waals surface area contributed by atoms with Crippen molar-refractivity contribution in [1.29, 1.82) is 0 Å². The maximum Gasteiger partial charge on any atom is 0.141 e. The number of methoxy groups -OCH3 is 1. The van der Waals surface area contributed by atoms with Crippen LogP contribution in [0.5, 0.6) is 0 Å². The number of rotatable bonds is 4. The van der Waals surface area contributed by atoms with Crippen LogP contribution in [0.3, 0.4) is 0 Å². The van der Waals surface area contributed by atoms with Gasteiger partial charge in [0.05, 0.1) is 6.20 Å². The van der Waals surface area contributed by atoms with Crippen LogP contribution in [-0.4, -0.2) is 25.2 Å². The number of nitrogens with one attached hydrogen (secondary N) is 1. The minimum atomic E-state index is -0.262. The van der Waals surface area contributed by atoms with Crippen LogP contribution < -0.4 is 5.32 Å². The summed E-state index contributed by atoms with van der Waals surface area (Å²) in [4.78, 5) is 3.89. The first-order valence-electron chi connectivity index (χ1n) is 8.42. The predicted molar refractivity (Wildman–Crippen MR) is 97.1 cm³/mol. The number of aromatic nitrogens is 1. The number of nitrogens with zero attached hydrogens (tertiary/aromatic N) is 1. The van der Waals surface area contributed by atoms with Gasteiger partial charge in [0, 0.05) is 37.6 Å². The normalized spacial score (nSPS) is 14.4. The van der Waals surface area contributed by atoms with Gasteiger partial charge in [-0.15, -0.1) is 0 Å². The van der Waals surface area contributed by atoms with Gasteiger partial charge in [-0.1, -0.05) is 26.0 Å². The molecule has 1 aliphatic rings. The van der Waals surface area contributed by atoms with E-state index in [1.54, 1.807) is 19.4 Å². The molecule has 0 radical (unpaired) electrons. The first-order valence-corrected chi connectivity index (χ1v) is 8.42. The molecular formula is C20H27FN2O. The number of hydrogen-bond donors (Lipinski definition) is 1. The van der Waals surface area contributed by atoms with Crippen LogP contribution in [0.1, 0.15) is 37.5 Å². The molecule has 1 aliphatic heterocycles. The van der Waals surface area contributed by atoms with E-state index in [2.05, 4.69) is 47.1 Å². The number of anilines is 1. The number of fused-ring (bicyclic) bond motifs is 1. The van der Waals surface area contributed by atoms with Gasteiger partial charge < -0.3 is 10.1 Å². The van der Waals surface area contributed by atoms with Crippen LogP contribution in [0.15, 0.2) is 36.7 Å². The van der Waals surface area contributed by atoms with E-state index in [1.807, 2.05) is 6.92 Å². The number of pyridine rings is 1. The van der Waals surface area contributed by atoms with Crippen LogP contribution in [0.4, 0.5) is 10.1 Å². The molecule has 1 N–H and O–H groups in total. The molecule has 1 aromatic heterocycles. The summed E-state index contributed by atoms with van der Waals surface area (Å²) in [6.07, 6.45) is 4.71. The fourth-order valence-corrected chi connectivity index (χ4v) is 2.75. The van der Waals surface area contributed by atoms with Crippen molar-refractivity contribution >= 4 is 5.69 Å². The van der Waals surface area contributed by atoms with E-state index in [0.717, 1.165) is 31.6 Å². The highest BCUT2D eigenvalue weighted by Crippen LogP contribution is 2.36. The molecule has 0 bridgehead atoms. The van der Waals surface area contributed by atoms with Crippen molar-refractivity contribution in [2.75, 3.05) is 25.6 Å². The van der Waals surface area contributed by atoms with Crippen molar-refractivity contribution in [3.05, 3.63) is 59.2 Å². The first-order chi connectivity index (χ1) is 11.5. The molecule has 0 saturated heterocycles. The Kier molecular flexibility index (Phi) is 6.32. The van der Waals surface area contributed by atoms with Crippen LogP contribution in [0.25, 0.3) is 0 Å². The first kappa shape index (κ1) is 18.4. The molecule has 2 aromatic rings. The molecule has 0 unspecified atom stereocenters. The Bertz CT molecular complexity index is 668. The lowest BCUT2D eigenvalue weighted by molar-refractivity contribution is 0.215. The van der Waals surface area contributed by atoms with Gasteiger partial charge >= 0.3 is 0 Å². The molecule has 24 heavy (non-hydrogen) atoms. The van der Waals surface area contributed by atoms with Crippen LogP contribution in [0, 0.1) is 5.82 Å². The third-order valence-electron chi connectivity index (χ3n) is 4.29. The van der Waals surface area contributed by atoms with Crippen molar-refractivity contribution < 1.29 is 9.13 Å². The van der Waals surface area contributed by atoms with E-state index in [1.165, 1.54) is 23.0 Å². The fraction of sp³-hybridized carbons (Fsp3) is 0.450. The minimum absolute atomic E-state index is 0.186. The fourth-order valence-electron chi connectivity index (χ4n) is 2.75. The summed E-state index contributed by atoms with van der Waals surface area (Å²) in [6, 6.07) is 8.15. The van der Waals surface area contributed by atoms with Gasteiger partial charge in [0.2, 0.25) is 0 Å². The predicted octanol–water partition coefficient (Wildman–Crippen LogP) is 4.36. The second-order valence-electron chi connectivity index (χ2n) is 6.71. The van der Waals surface area contributed by atoms with Gasteiger partial charge in [-0.3, -0.25) is 4.98 Å². The summed E-state index contributed by atoms with van der Waals surface area (Å²) in [5, 5.41) is 3.44. The van der Waals surface area contributed by atoms with E-state index < -0.39 is 0 Å². The Balaban J connectivity index is 0.000000471.